The molecular weight excluding hydrogens is 489 g/mol. The number of rotatable bonds is 1. The molecule has 7 aromatic rings. The van der Waals surface area contributed by atoms with Crippen LogP contribution in [0.15, 0.2) is 133 Å². The lowest BCUT2D eigenvalue weighted by atomic mass is 9.42. The third-order valence-electron chi connectivity index (χ3n) is 8.50. The van der Waals surface area contributed by atoms with Crippen molar-refractivity contribution in [1.29, 1.82) is 0 Å². The average Bonchev–Trinajstić information content (AvgIpc) is 3.39. The van der Waals surface area contributed by atoms with E-state index in [1.54, 1.807) is 0 Å². The van der Waals surface area contributed by atoms with Crippen LogP contribution in [-0.4, -0.2) is 6.85 Å². The molecule has 180 valence electrons. The second-order valence-electron chi connectivity index (χ2n) is 10.4. The molecule has 0 N–H and O–H groups in total. The summed E-state index contributed by atoms with van der Waals surface area (Å²) in [6, 6.07) is 49.3. The van der Waals surface area contributed by atoms with Crippen LogP contribution >= 0.6 is 11.3 Å². The van der Waals surface area contributed by atoms with E-state index < -0.39 is 0 Å². The van der Waals surface area contributed by atoms with Crippen LogP contribution in [0.2, 0.25) is 0 Å². The minimum absolute atomic E-state index is 0.0850. The van der Waals surface area contributed by atoms with Crippen molar-refractivity contribution in [2.75, 3.05) is 4.81 Å². The van der Waals surface area contributed by atoms with Crippen molar-refractivity contribution < 1.29 is 0 Å². The van der Waals surface area contributed by atoms with Gasteiger partial charge in [-0.15, -0.1) is 11.3 Å². The molecule has 9 rings (SSSR count). The maximum atomic E-state index is 2.59. The van der Waals surface area contributed by atoms with Crippen LogP contribution in [0.4, 0.5) is 11.4 Å². The quantitative estimate of drug-likeness (QED) is 0.200. The van der Waals surface area contributed by atoms with Crippen LogP contribution in [0.25, 0.3) is 53.6 Å². The van der Waals surface area contributed by atoms with Gasteiger partial charge in [0.25, 0.3) is 0 Å². The Hall–Kier alpha value is -4.60. The van der Waals surface area contributed by atoms with Crippen molar-refractivity contribution in [2.45, 2.75) is 0 Å². The Bertz CT molecular complexity index is 2110. The maximum Gasteiger partial charge on any atom is 0.330 e. The predicted molar refractivity (Wildman–Crippen MR) is 169 cm³/mol. The molecule has 0 fully saturated rings. The average molecular weight is 511 g/mol. The highest BCUT2D eigenvalue weighted by Gasteiger charge is 2.43. The van der Waals surface area contributed by atoms with Gasteiger partial charge in [-0.25, -0.2) is 0 Å². The van der Waals surface area contributed by atoms with Crippen molar-refractivity contribution in [3.05, 3.63) is 133 Å². The molecule has 0 saturated heterocycles. The van der Waals surface area contributed by atoms with Crippen molar-refractivity contribution in [3.8, 4) is 33.4 Å². The van der Waals surface area contributed by atoms with Gasteiger partial charge < -0.3 is 4.81 Å². The summed E-state index contributed by atoms with van der Waals surface area (Å²) in [6.45, 7) is 0.0850. The predicted octanol–water partition coefficient (Wildman–Crippen LogP) is 8.63. The van der Waals surface area contributed by atoms with Crippen molar-refractivity contribution in [2.24, 2.45) is 0 Å². The Labute approximate surface area is 231 Å². The molecular formula is C36H22BNS. The third-order valence-corrected chi connectivity index (χ3v) is 9.71. The number of benzene rings is 6. The van der Waals surface area contributed by atoms with Crippen LogP contribution in [-0.2, 0) is 0 Å². The van der Waals surface area contributed by atoms with Crippen LogP contribution in [0.5, 0.6) is 0 Å². The second-order valence-corrected chi connectivity index (χ2v) is 11.5. The fourth-order valence-corrected chi connectivity index (χ4v) is 8.15. The third kappa shape index (κ3) is 2.86. The summed E-state index contributed by atoms with van der Waals surface area (Å²) in [5.74, 6) is 0. The Morgan fingerprint density at radius 1 is 0.436 bits per heavy atom. The number of thiophene rings is 1. The van der Waals surface area contributed by atoms with Gasteiger partial charge in [-0.1, -0.05) is 115 Å². The number of hydrogen-bond acceptors (Lipinski definition) is 2. The van der Waals surface area contributed by atoms with Gasteiger partial charge in [0.15, 0.2) is 0 Å². The molecule has 0 saturated carbocycles. The molecule has 0 radical (unpaired) electrons. The fraction of sp³-hybridized carbons (Fsp3) is 0. The van der Waals surface area contributed by atoms with Gasteiger partial charge in [0, 0.05) is 42.7 Å². The van der Waals surface area contributed by atoms with E-state index in [9.17, 15) is 0 Å². The van der Waals surface area contributed by atoms with E-state index >= 15 is 0 Å². The topological polar surface area (TPSA) is 3.24 Å². The molecule has 2 aliphatic rings. The van der Waals surface area contributed by atoms with E-state index in [0.717, 1.165) is 0 Å². The Morgan fingerprint density at radius 3 is 1.79 bits per heavy atom. The maximum absolute atomic E-state index is 2.59. The molecule has 0 bridgehead atoms. The lowest BCUT2D eigenvalue weighted by Crippen LogP contribution is -2.60. The van der Waals surface area contributed by atoms with E-state index in [4.69, 9.17) is 0 Å². The van der Waals surface area contributed by atoms with Crippen molar-refractivity contribution in [3.63, 3.8) is 0 Å². The minimum Gasteiger partial charge on any atom is -0.376 e. The second kappa shape index (κ2) is 7.95. The SMILES string of the molecule is c1ccc2c(c1)B1c3c(cccc3-c3cccc4c3sc3ccccc34)-c3ccccc3N1c1ccccc1-2. The molecule has 6 aromatic carbocycles. The summed E-state index contributed by atoms with van der Waals surface area (Å²) in [7, 11) is 0. The zero-order valence-corrected chi connectivity index (χ0v) is 22.0. The minimum atomic E-state index is 0.0850. The number of anilines is 2. The van der Waals surface area contributed by atoms with Gasteiger partial charge in [0.2, 0.25) is 0 Å². The van der Waals surface area contributed by atoms with E-state index in [-0.39, 0.29) is 6.85 Å². The van der Waals surface area contributed by atoms with Gasteiger partial charge in [-0.05, 0) is 51.4 Å². The number of para-hydroxylation sites is 2. The summed E-state index contributed by atoms with van der Waals surface area (Å²) >= 11 is 1.91. The van der Waals surface area contributed by atoms with E-state index in [1.165, 1.54) is 75.9 Å². The lowest BCUT2D eigenvalue weighted by molar-refractivity contribution is 1.35. The Balaban J connectivity index is 1.42. The van der Waals surface area contributed by atoms with Gasteiger partial charge in [0.1, 0.15) is 0 Å². The van der Waals surface area contributed by atoms with Gasteiger partial charge in [0.05, 0.1) is 0 Å². The van der Waals surface area contributed by atoms with E-state index in [2.05, 4.69) is 138 Å². The molecule has 1 nitrogen and oxygen atoms in total. The number of fused-ring (bicyclic) bond motifs is 14. The monoisotopic (exact) mass is 511 g/mol. The molecule has 0 atom stereocenters. The first kappa shape index (κ1) is 21.4. The molecule has 3 heteroatoms. The summed E-state index contributed by atoms with van der Waals surface area (Å²) in [5, 5.41) is 2.68. The highest BCUT2D eigenvalue weighted by atomic mass is 32.1. The first-order chi connectivity index (χ1) is 19.4. The molecule has 0 amide bonds. The largest absolute Gasteiger partial charge is 0.376 e. The van der Waals surface area contributed by atoms with Crippen LogP contribution in [0.3, 0.4) is 0 Å². The van der Waals surface area contributed by atoms with E-state index in [0.29, 0.717) is 0 Å². The van der Waals surface area contributed by atoms with Crippen LogP contribution in [0.1, 0.15) is 0 Å². The number of hydrogen-bond donors (Lipinski definition) is 0. The zero-order chi connectivity index (χ0) is 25.5. The van der Waals surface area contributed by atoms with Crippen LogP contribution < -0.4 is 15.7 Å². The number of nitrogens with zero attached hydrogens (tertiary/aromatic N) is 1. The first-order valence-corrected chi connectivity index (χ1v) is 14.3. The van der Waals surface area contributed by atoms with Gasteiger partial charge in [-0.2, -0.15) is 0 Å². The standard InChI is InChI=1S/C36H22BNS/c1-5-19-31-23(11-1)24-12-2-6-20-32(24)38-33-21-7-3-13-25(33)27-15-9-16-28(35(27)37(31)38)30-18-10-17-29-26-14-4-8-22-34(26)39-36(29)30/h1-22H. The Kier molecular flexibility index (Phi) is 4.35. The summed E-state index contributed by atoms with van der Waals surface area (Å²) in [5.41, 5.74) is 13.2. The highest BCUT2D eigenvalue weighted by Crippen LogP contribution is 2.47. The summed E-state index contributed by atoms with van der Waals surface area (Å²) < 4.78 is 2.70. The highest BCUT2D eigenvalue weighted by molar-refractivity contribution is 7.26. The first-order valence-electron chi connectivity index (χ1n) is 13.5. The summed E-state index contributed by atoms with van der Waals surface area (Å²) in [4.78, 5) is 2.59. The molecule has 0 unspecified atom stereocenters. The molecule has 3 heterocycles. The normalized spacial score (nSPS) is 13.0. The molecule has 0 spiro atoms. The molecule has 2 aliphatic heterocycles. The van der Waals surface area contributed by atoms with Gasteiger partial charge in [-0.3, -0.25) is 0 Å². The molecule has 0 aliphatic carbocycles. The summed E-state index contributed by atoms with van der Waals surface area (Å²) in [6.07, 6.45) is 0. The van der Waals surface area contributed by atoms with Crippen LogP contribution in [0, 0.1) is 0 Å². The van der Waals surface area contributed by atoms with Crippen molar-refractivity contribution in [1.82, 2.24) is 0 Å². The zero-order valence-electron chi connectivity index (χ0n) is 21.1. The lowest BCUT2D eigenvalue weighted by Gasteiger charge is -2.44. The van der Waals surface area contributed by atoms with E-state index in [1.807, 2.05) is 11.3 Å². The molecule has 1 aromatic heterocycles. The smallest absolute Gasteiger partial charge is 0.330 e. The van der Waals surface area contributed by atoms with Crippen molar-refractivity contribution >= 4 is 60.7 Å². The molecule has 39 heavy (non-hydrogen) atoms. The Morgan fingerprint density at radius 2 is 0.974 bits per heavy atom. The fourth-order valence-electron chi connectivity index (χ4n) is 6.92. The van der Waals surface area contributed by atoms with Gasteiger partial charge >= 0.3 is 6.85 Å².